The molecule has 0 spiro atoms. The van der Waals surface area contributed by atoms with Crippen LogP contribution in [0, 0.1) is 10.1 Å². The SMILES string of the molecule is Nc1ccc2c(cnn2-c2nc(C3CC3)ccc2[N+](=O)[O-])c1. The minimum atomic E-state index is -0.427. The van der Waals surface area contributed by atoms with E-state index in [0.717, 1.165) is 29.4 Å². The lowest BCUT2D eigenvalue weighted by Crippen LogP contribution is -2.06. The van der Waals surface area contributed by atoms with Gasteiger partial charge in [-0.15, -0.1) is 0 Å². The van der Waals surface area contributed by atoms with Gasteiger partial charge in [0.15, 0.2) is 0 Å². The van der Waals surface area contributed by atoms with E-state index in [1.165, 1.54) is 10.7 Å². The third-order valence-corrected chi connectivity index (χ3v) is 3.86. The van der Waals surface area contributed by atoms with Crippen LogP contribution in [0.2, 0.25) is 0 Å². The van der Waals surface area contributed by atoms with Crippen molar-refractivity contribution in [1.82, 2.24) is 14.8 Å². The lowest BCUT2D eigenvalue weighted by atomic mass is 10.2. The van der Waals surface area contributed by atoms with E-state index in [4.69, 9.17) is 5.73 Å². The Morgan fingerprint density at radius 1 is 1.27 bits per heavy atom. The van der Waals surface area contributed by atoms with Crippen LogP contribution in [-0.4, -0.2) is 19.7 Å². The van der Waals surface area contributed by atoms with Crippen molar-refractivity contribution in [3.63, 3.8) is 0 Å². The Morgan fingerprint density at radius 3 is 2.82 bits per heavy atom. The maximum Gasteiger partial charge on any atom is 0.313 e. The molecule has 1 fully saturated rings. The summed E-state index contributed by atoms with van der Waals surface area (Å²) in [6, 6.07) is 8.59. The van der Waals surface area contributed by atoms with Gasteiger partial charge < -0.3 is 5.73 Å². The quantitative estimate of drug-likeness (QED) is 0.455. The highest BCUT2D eigenvalue weighted by molar-refractivity contribution is 5.83. The van der Waals surface area contributed by atoms with E-state index in [-0.39, 0.29) is 11.5 Å². The van der Waals surface area contributed by atoms with E-state index in [9.17, 15) is 10.1 Å². The van der Waals surface area contributed by atoms with Crippen LogP contribution in [0.25, 0.3) is 16.7 Å². The highest BCUT2D eigenvalue weighted by atomic mass is 16.6. The highest BCUT2D eigenvalue weighted by Crippen LogP contribution is 2.40. The van der Waals surface area contributed by atoms with E-state index in [2.05, 4.69) is 10.1 Å². The third kappa shape index (κ3) is 1.98. The number of pyridine rings is 1. The zero-order valence-electron chi connectivity index (χ0n) is 11.6. The Hall–Kier alpha value is -2.96. The van der Waals surface area contributed by atoms with Crippen LogP contribution in [0.3, 0.4) is 0 Å². The second-order valence-corrected chi connectivity index (χ2v) is 5.48. The van der Waals surface area contributed by atoms with E-state index >= 15 is 0 Å². The van der Waals surface area contributed by atoms with Crippen LogP contribution >= 0.6 is 0 Å². The average Bonchev–Trinajstić information content (AvgIpc) is 3.27. The molecule has 2 heterocycles. The van der Waals surface area contributed by atoms with Gasteiger partial charge in [0.05, 0.1) is 16.6 Å². The van der Waals surface area contributed by atoms with Gasteiger partial charge in [-0.25, -0.2) is 9.67 Å². The smallest absolute Gasteiger partial charge is 0.313 e. The maximum atomic E-state index is 11.3. The molecule has 0 saturated heterocycles. The number of nitrogens with zero attached hydrogens (tertiary/aromatic N) is 4. The number of anilines is 1. The number of rotatable bonds is 3. The molecule has 0 radical (unpaired) electrons. The van der Waals surface area contributed by atoms with Crippen LogP contribution in [0.4, 0.5) is 11.4 Å². The predicted octanol–water partition coefficient (Wildman–Crippen LogP) is 2.79. The van der Waals surface area contributed by atoms with E-state index in [1.54, 1.807) is 30.5 Å². The van der Waals surface area contributed by atoms with Gasteiger partial charge in [0.1, 0.15) is 0 Å². The molecule has 0 bridgehead atoms. The summed E-state index contributed by atoms with van der Waals surface area (Å²) in [6.07, 6.45) is 3.81. The molecule has 1 saturated carbocycles. The van der Waals surface area contributed by atoms with E-state index in [1.807, 2.05) is 0 Å². The van der Waals surface area contributed by atoms with Gasteiger partial charge in [-0.1, -0.05) is 0 Å². The molecule has 0 amide bonds. The van der Waals surface area contributed by atoms with Gasteiger partial charge >= 0.3 is 5.69 Å². The van der Waals surface area contributed by atoms with Gasteiger partial charge in [-0.3, -0.25) is 10.1 Å². The summed E-state index contributed by atoms with van der Waals surface area (Å²) in [4.78, 5) is 15.4. The monoisotopic (exact) mass is 295 g/mol. The zero-order chi connectivity index (χ0) is 15.3. The van der Waals surface area contributed by atoms with Gasteiger partial charge in [0.2, 0.25) is 5.82 Å². The van der Waals surface area contributed by atoms with Crippen molar-refractivity contribution < 1.29 is 4.92 Å². The first-order valence-electron chi connectivity index (χ1n) is 7.02. The molecule has 1 aliphatic carbocycles. The molecule has 0 unspecified atom stereocenters. The fourth-order valence-corrected chi connectivity index (χ4v) is 2.58. The van der Waals surface area contributed by atoms with Crippen molar-refractivity contribution in [3.8, 4) is 5.82 Å². The number of nitrogen functional groups attached to an aromatic ring is 1. The maximum absolute atomic E-state index is 11.3. The van der Waals surface area contributed by atoms with Gasteiger partial charge in [0.25, 0.3) is 0 Å². The standard InChI is InChI=1S/C15H13N5O2/c16-11-3-5-13-10(7-11)8-17-19(13)15-14(20(21)22)6-4-12(18-15)9-1-2-9/h3-9H,1-2,16H2. The molecule has 0 aliphatic heterocycles. The van der Waals surface area contributed by atoms with Crippen LogP contribution in [0.5, 0.6) is 0 Å². The van der Waals surface area contributed by atoms with Crippen molar-refractivity contribution in [2.45, 2.75) is 18.8 Å². The van der Waals surface area contributed by atoms with Crippen LogP contribution in [0.15, 0.2) is 36.5 Å². The molecule has 110 valence electrons. The van der Waals surface area contributed by atoms with Crippen molar-refractivity contribution in [2.24, 2.45) is 0 Å². The molecule has 22 heavy (non-hydrogen) atoms. The Morgan fingerprint density at radius 2 is 2.09 bits per heavy atom. The first kappa shape index (κ1) is 12.8. The zero-order valence-corrected chi connectivity index (χ0v) is 11.6. The first-order chi connectivity index (χ1) is 10.6. The summed E-state index contributed by atoms with van der Waals surface area (Å²) in [6.45, 7) is 0. The van der Waals surface area contributed by atoms with Gasteiger partial charge in [-0.2, -0.15) is 5.10 Å². The van der Waals surface area contributed by atoms with E-state index in [0.29, 0.717) is 11.6 Å². The summed E-state index contributed by atoms with van der Waals surface area (Å²) in [5.41, 5.74) is 7.97. The number of aromatic nitrogens is 3. The summed E-state index contributed by atoms with van der Waals surface area (Å²) in [5, 5.41) is 16.4. The van der Waals surface area contributed by atoms with Crippen LogP contribution in [0.1, 0.15) is 24.5 Å². The van der Waals surface area contributed by atoms with Crippen molar-refractivity contribution in [3.05, 3.63) is 52.3 Å². The summed E-state index contributed by atoms with van der Waals surface area (Å²) >= 11 is 0. The molecule has 7 heteroatoms. The lowest BCUT2D eigenvalue weighted by molar-refractivity contribution is -0.384. The van der Waals surface area contributed by atoms with Crippen molar-refractivity contribution >= 4 is 22.3 Å². The lowest BCUT2D eigenvalue weighted by Gasteiger charge is -2.06. The number of nitrogens with two attached hydrogens (primary N) is 1. The number of hydrogen-bond acceptors (Lipinski definition) is 5. The third-order valence-electron chi connectivity index (χ3n) is 3.86. The minimum absolute atomic E-state index is 0.0498. The molecule has 2 N–H and O–H groups in total. The molecule has 3 aromatic rings. The average molecular weight is 295 g/mol. The topological polar surface area (TPSA) is 99.9 Å². The molecule has 7 nitrogen and oxygen atoms in total. The second-order valence-electron chi connectivity index (χ2n) is 5.48. The van der Waals surface area contributed by atoms with Crippen LogP contribution in [-0.2, 0) is 0 Å². The van der Waals surface area contributed by atoms with E-state index < -0.39 is 4.92 Å². The number of benzene rings is 1. The largest absolute Gasteiger partial charge is 0.399 e. The normalized spacial score (nSPS) is 14.4. The first-order valence-corrected chi connectivity index (χ1v) is 7.02. The number of nitro groups is 1. The van der Waals surface area contributed by atoms with Crippen LogP contribution < -0.4 is 5.73 Å². The molecule has 1 aromatic carbocycles. The molecule has 0 atom stereocenters. The summed E-state index contributed by atoms with van der Waals surface area (Å²) < 4.78 is 1.51. The Bertz CT molecular complexity index is 898. The fraction of sp³-hybridized carbons (Fsp3) is 0.200. The second kappa shape index (κ2) is 4.52. The Kier molecular flexibility index (Phi) is 2.62. The molecular weight excluding hydrogens is 282 g/mol. The van der Waals surface area contributed by atoms with Gasteiger partial charge in [-0.05, 0) is 37.1 Å². The predicted molar refractivity (Wildman–Crippen MR) is 81.9 cm³/mol. The molecular formula is C15H13N5O2. The van der Waals surface area contributed by atoms with Gasteiger partial charge in [0, 0.05) is 28.8 Å². The molecule has 1 aliphatic rings. The van der Waals surface area contributed by atoms with Crippen molar-refractivity contribution in [1.29, 1.82) is 0 Å². The highest BCUT2D eigenvalue weighted by Gasteiger charge is 2.28. The molecule has 4 rings (SSSR count). The Balaban J connectivity index is 1.95. The summed E-state index contributed by atoms with van der Waals surface area (Å²) in [5.74, 6) is 0.672. The Labute approximate surface area is 125 Å². The number of hydrogen-bond donors (Lipinski definition) is 1. The minimum Gasteiger partial charge on any atom is -0.399 e. The fourth-order valence-electron chi connectivity index (χ4n) is 2.58. The molecule has 2 aromatic heterocycles. The summed E-state index contributed by atoms with van der Waals surface area (Å²) in [7, 11) is 0. The number of fused-ring (bicyclic) bond motifs is 1. The van der Waals surface area contributed by atoms with Crippen molar-refractivity contribution in [2.75, 3.05) is 5.73 Å².